The molecule has 0 bridgehead atoms. The standard InChI is InChI=1S/C28H27ClF2N6O/c1-3-26-23-13-22(33-14-19-4-6-20(29)7-5-19)9-11-27(23)37(35-26)18(2)28(38,15-36-17-32-16-34-36)24-10-8-21(30)12-25(24)31/h4-13,16-18,33,38H,3,14-15H2,1-2H3/t18-,28-/m1/s1. The smallest absolute Gasteiger partial charge is 0.137 e. The molecule has 0 unspecified atom stereocenters. The normalized spacial score (nSPS) is 13.9. The van der Waals surface area contributed by atoms with E-state index < -0.39 is 23.3 Å². The molecule has 0 saturated carbocycles. The minimum atomic E-state index is -1.82. The van der Waals surface area contributed by atoms with E-state index >= 15 is 4.39 Å². The molecule has 2 aromatic heterocycles. The average molecular weight is 537 g/mol. The number of aliphatic hydroxyl groups is 1. The van der Waals surface area contributed by atoms with Gasteiger partial charge >= 0.3 is 0 Å². The number of aryl methyl sites for hydroxylation is 1. The summed E-state index contributed by atoms with van der Waals surface area (Å²) in [6.45, 7) is 4.28. The number of rotatable bonds is 9. The summed E-state index contributed by atoms with van der Waals surface area (Å²) in [7, 11) is 0. The molecular formula is C28H27ClF2N6O. The molecule has 0 saturated heterocycles. The van der Waals surface area contributed by atoms with Crippen LogP contribution in [0.25, 0.3) is 10.9 Å². The topological polar surface area (TPSA) is 80.8 Å². The minimum Gasteiger partial charge on any atom is -0.381 e. The Labute approximate surface area is 223 Å². The summed E-state index contributed by atoms with van der Waals surface area (Å²) >= 11 is 5.99. The third kappa shape index (κ3) is 4.99. The number of hydrogen-bond acceptors (Lipinski definition) is 5. The third-order valence-electron chi connectivity index (χ3n) is 6.85. The van der Waals surface area contributed by atoms with E-state index in [9.17, 15) is 9.50 Å². The first-order chi connectivity index (χ1) is 18.3. The second-order valence-electron chi connectivity index (χ2n) is 9.27. The van der Waals surface area contributed by atoms with Gasteiger partial charge < -0.3 is 10.4 Å². The highest BCUT2D eigenvalue weighted by Gasteiger charge is 2.41. The lowest BCUT2D eigenvalue weighted by Gasteiger charge is -2.35. The number of benzene rings is 3. The predicted molar refractivity (Wildman–Crippen MR) is 143 cm³/mol. The van der Waals surface area contributed by atoms with Gasteiger partial charge in [-0.15, -0.1) is 0 Å². The van der Waals surface area contributed by atoms with Crippen molar-refractivity contribution >= 4 is 28.2 Å². The Morgan fingerprint density at radius 1 is 1.08 bits per heavy atom. The van der Waals surface area contributed by atoms with Crippen LogP contribution in [0.4, 0.5) is 14.5 Å². The van der Waals surface area contributed by atoms with Crippen LogP contribution in [0.2, 0.25) is 5.02 Å². The fourth-order valence-electron chi connectivity index (χ4n) is 4.72. The first-order valence-electron chi connectivity index (χ1n) is 12.3. The molecule has 0 amide bonds. The van der Waals surface area contributed by atoms with Crippen molar-refractivity contribution in [2.45, 2.75) is 45.0 Å². The van der Waals surface area contributed by atoms with Gasteiger partial charge in [0.1, 0.15) is 29.9 Å². The molecule has 2 N–H and O–H groups in total. The van der Waals surface area contributed by atoms with E-state index in [1.807, 2.05) is 49.4 Å². The lowest BCUT2D eigenvalue weighted by molar-refractivity contribution is -0.0355. The molecule has 0 fully saturated rings. The summed E-state index contributed by atoms with van der Waals surface area (Å²) in [5.74, 6) is -1.57. The maximum absolute atomic E-state index is 15.0. The number of halogens is 3. The van der Waals surface area contributed by atoms with Crippen molar-refractivity contribution < 1.29 is 13.9 Å². The van der Waals surface area contributed by atoms with Crippen LogP contribution in [0.3, 0.4) is 0 Å². The van der Waals surface area contributed by atoms with Gasteiger partial charge in [0.2, 0.25) is 0 Å². The molecule has 196 valence electrons. The Kier molecular flexibility index (Phi) is 7.14. The SMILES string of the molecule is CCc1nn([C@H](C)[C@](O)(Cn2cncn2)c2ccc(F)cc2F)c2ccc(NCc3ccc(Cl)cc3)cc12. The highest BCUT2D eigenvalue weighted by Crippen LogP contribution is 2.39. The molecule has 0 radical (unpaired) electrons. The van der Waals surface area contributed by atoms with Crippen molar-refractivity contribution in [1.29, 1.82) is 0 Å². The van der Waals surface area contributed by atoms with Gasteiger partial charge in [-0.2, -0.15) is 10.2 Å². The van der Waals surface area contributed by atoms with E-state index in [1.165, 1.54) is 23.4 Å². The first kappa shape index (κ1) is 25.8. The van der Waals surface area contributed by atoms with Crippen LogP contribution in [-0.2, 0) is 25.1 Å². The summed E-state index contributed by atoms with van der Waals surface area (Å²) in [6.07, 6.45) is 3.43. The average Bonchev–Trinajstić information content (AvgIpc) is 3.55. The molecule has 5 aromatic rings. The van der Waals surface area contributed by atoms with E-state index in [0.29, 0.717) is 18.0 Å². The van der Waals surface area contributed by atoms with Crippen molar-refractivity contribution in [3.05, 3.63) is 107 Å². The monoisotopic (exact) mass is 536 g/mol. The Balaban J connectivity index is 1.53. The van der Waals surface area contributed by atoms with Gasteiger partial charge in [0.15, 0.2) is 0 Å². The maximum atomic E-state index is 15.0. The van der Waals surface area contributed by atoms with Gasteiger partial charge in [-0.25, -0.2) is 18.4 Å². The van der Waals surface area contributed by atoms with Gasteiger partial charge in [0, 0.05) is 34.3 Å². The molecule has 10 heteroatoms. The summed E-state index contributed by atoms with van der Waals surface area (Å²) in [5.41, 5.74) is 1.76. The third-order valence-corrected chi connectivity index (χ3v) is 7.10. The lowest BCUT2D eigenvalue weighted by Crippen LogP contribution is -2.41. The van der Waals surface area contributed by atoms with E-state index in [4.69, 9.17) is 16.7 Å². The quantitative estimate of drug-likeness (QED) is 0.246. The summed E-state index contributed by atoms with van der Waals surface area (Å²) in [5, 5.41) is 26.0. The molecule has 5 rings (SSSR count). The van der Waals surface area contributed by atoms with E-state index in [1.54, 1.807) is 11.6 Å². The molecule has 0 aliphatic carbocycles. The molecule has 7 nitrogen and oxygen atoms in total. The molecule has 3 aromatic carbocycles. The van der Waals surface area contributed by atoms with Crippen LogP contribution in [0.5, 0.6) is 0 Å². The van der Waals surface area contributed by atoms with Crippen LogP contribution in [-0.4, -0.2) is 29.7 Å². The molecule has 38 heavy (non-hydrogen) atoms. The van der Waals surface area contributed by atoms with Crippen molar-refractivity contribution in [1.82, 2.24) is 24.5 Å². The zero-order chi connectivity index (χ0) is 26.9. The minimum absolute atomic E-state index is 0.0511. The van der Waals surface area contributed by atoms with Gasteiger partial charge in [0.25, 0.3) is 0 Å². The molecule has 0 spiro atoms. The number of anilines is 1. The number of nitrogens with one attached hydrogen (secondary N) is 1. The molecular weight excluding hydrogens is 510 g/mol. The van der Waals surface area contributed by atoms with Crippen LogP contribution in [0.1, 0.15) is 36.7 Å². The highest BCUT2D eigenvalue weighted by molar-refractivity contribution is 6.30. The summed E-state index contributed by atoms with van der Waals surface area (Å²) in [4.78, 5) is 3.94. The largest absolute Gasteiger partial charge is 0.381 e. The Morgan fingerprint density at radius 3 is 2.55 bits per heavy atom. The van der Waals surface area contributed by atoms with Gasteiger partial charge in [0.05, 0.1) is 23.8 Å². The number of nitrogens with zero attached hydrogens (tertiary/aromatic N) is 5. The fourth-order valence-corrected chi connectivity index (χ4v) is 4.85. The zero-order valence-corrected chi connectivity index (χ0v) is 21.7. The zero-order valence-electron chi connectivity index (χ0n) is 20.9. The van der Waals surface area contributed by atoms with Crippen LogP contribution >= 0.6 is 11.6 Å². The Morgan fingerprint density at radius 2 is 1.87 bits per heavy atom. The predicted octanol–water partition coefficient (Wildman–Crippen LogP) is 5.88. The highest BCUT2D eigenvalue weighted by atomic mass is 35.5. The molecule has 2 heterocycles. The molecule has 0 aliphatic heterocycles. The van der Waals surface area contributed by atoms with Crippen molar-refractivity contribution in [3.8, 4) is 0 Å². The van der Waals surface area contributed by atoms with Gasteiger partial charge in [-0.3, -0.25) is 4.68 Å². The summed E-state index contributed by atoms with van der Waals surface area (Å²) < 4.78 is 31.9. The van der Waals surface area contributed by atoms with Crippen LogP contribution in [0, 0.1) is 11.6 Å². The van der Waals surface area contributed by atoms with E-state index in [0.717, 1.165) is 40.0 Å². The Bertz CT molecular complexity index is 1550. The number of fused-ring (bicyclic) bond motifs is 1. The van der Waals surface area contributed by atoms with Crippen LogP contribution < -0.4 is 5.32 Å². The summed E-state index contributed by atoms with van der Waals surface area (Å²) in [6, 6.07) is 16.0. The number of hydrogen-bond donors (Lipinski definition) is 2. The molecule has 0 aliphatic rings. The van der Waals surface area contributed by atoms with E-state index in [2.05, 4.69) is 15.4 Å². The van der Waals surface area contributed by atoms with Gasteiger partial charge in [-0.1, -0.05) is 36.7 Å². The van der Waals surface area contributed by atoms with Crippen molar-refractivity contribution in [2.24, 2.45) is 0 Å². The number of aromatic nitrogens is 5. The van der Waals surface area contributed by atoms with E-state index in [-0.39, 0.29) is 12.1 Å². The lowest BCUT2D eigenvalue weighted by atomic mass is 9.86. The maximum Gasteiger partial charge on any atom is 0.137 e. The van der Waals surface area contributed by atoms with Gasteiger partial charge in [-0.05, 0) is 55.3 Å². The fraction of sp³-hybridized carbons (Fsp3) is 0.250. The van der Waals surface area contributed by atoms with Crippen molar-refractivity contribution in [3.63, 3.8) is 0 Å². The Hall–Kier alpha value is -3.82. The molecule has 2 atom stereocenters. The second-order valence-corrected chi connectivity index (χ2v) is 9.71. The van der Waals surface area contributed by atoms with Crippen molar-refractivity contribution in [2.75, 3.05) is 5.32 Å². The second kappa shape index (κ2) is 10.5. The van der Waals surface area contributed by atoms with Crippen LogP contribution in [0.15, 0.2) is 73.3 Å². The first-order valence-corrected chi connectivity index (χ1v) is 12.7.